The minimum atomic E-state index is 0.123. The van der Waals surface area contributed by atoms with Crippen molar-refractivity contribution in [1.29, 1.82) is 0 Å². The SMILES string of the molecule is C=C1CCC2=C([CH]2)[C@]12CCC1C3CCC4=CC(=O)CCC4=C3[C@@H](c3ccc(C(C)=O)cc3)C[C@@]12C. The summed E-state index contributed by atoms with van der Waals surface area (Å²) in [5.74, 6) is 2.03. The van der Waals surface area contributed by atoms with Gasteiger partial charge in [-0.15, -0.1) is 0 Å². The van der Waals surface area contributed by atoms with E-state index in [9.17, 15) is 9.59 Å². The standard InChI is InChI=1S/C33H35O2/c1-19-4-5-24-17-30(24)33(19)15-14-29-27-12-10-23-16-25(35)11-13-26(23)31(27)28(18-32(29,33)3)22-8-6-21(7-9-22)20(2)34/h6-9,16-17,27-29H,1,4-5,10-15,18H2,2-3H3/t27?,28-,29?,32+,33+/m1/s1. The molecule has 1 spiro atoms. The normalized spacial score (nSPS) is 37.5. The second kappa shape index (κ2) is 7.28. The Morgan fingerprint density at radius 1 is 1.03 bits per heavy atom. The lowest BCUT2D eigenvalue weighted by Gasteiger charge is -2.57. The summed E-state index contributed by atoms with van der Waals surface area (Å²) < 4.78 is 0. The van der Waals surface area contributed by atoms with Crippen LogP contribution < -0.4 is 0 Å². The maximum Gasteiger partial charge on any atom is 0.159 e. The van der Waals surface area contributed by atoms with E-state index in [4.69, 9.17) is 6.58 Å². The molecule has 2 unspecified atom stereocenters. The van der Waals surface area contributed by atoms with E-state index in [0.29, 0.717) is 30.0 Å². The van der Waals surface area contributed by atoms with Crippen LogP contribution in [0.3, 0.4) is 0 Å². The third kappa shape index (κ3) is 2.83. The molecule has 6 aliphatic rings. The van der Waals surface area contributed by atoms with Gasteiger partial charge in [0.05, 0.1) is 0 Å². The molecule has 0 aliphatic heterocycles. The molecular weight excluding hydrogens is 428 g/mol. The van der Waals surface area contributed by atoms with Crippen molar-refractivity contribution in [3.63, 3.8) is 0 Å². The van der Waals surface area contributed by atoms with E-state index in [1.807, 2.05) is 18.2 Å². The summed E-state index contributed by atoms with van der Waals surface area (Å²) in [6, 6.07) is 8.48. The third-order valence-corrected chi connectivity index (χ3v) is 11.0. The van der Waals surface area contributed by atoms with Gasteiger partial charge >= 0.3 is 0 Å². The van der Waals surface area contributed by atoms with Crippen molar-refractivity contribution in [3.8, 4) is 0 Å². The number of hydrogen-bond donors (Lipinski definition) is 0. The second-order valence-corrected chi connectivity index (χ2v) is 12.3. The van der Waals surface area contributed by atoms with E-state index >= 15 is 0 Å². The van der Waals surface area contributed by atoms with Gasteiger partial charge < -0.3 is 0 Å². The highest BCUT2D eigenvalue weighted by Crippen LogP contribution is 2.77. The third-order valence-electron chi connectivity index (χ3n) is 11.0. The molecule has 2 heteroatoms. The van der Waals surface area contributed by atoms with Crippen molar-refractivity contribution in [2.45, 2.75) is 77.6 Å². The Bertz CT molecular complexity index is 1280. The second-order valence-electron chi connectivity index (χ2n) is 12.3. The Labute approximate surface area is 209 Å². The van der Waals surface area contributed by atoms with E-state index in [1.54, 1.807) is 23.6 Å². The molecule has 0 aromatic heterocycles. The molecule has 179 valence electrons. The van der Waals surface area contributed by atoms with Gasteiger partial charge in [0.25, 0.3) is 0 Å². The van der Waals surface area contributed by atoms with E-state index in [-0.39, 0.29) is 16.6 Å². The highest BCUT2D eigenvalue weighted by molar-refractivity contribution is 5.94. The molecular formula is C33H35O2. The van der Waals surface area contributed by atoms with E-state index in [1.165, 1.54) is 48.0 Å². The molecule has 0 heterocycles. The fraction of sp³-hybridized carbons (Fsp3) is 0.485. The van der Waals surface area contributed by atoms with Gasteiger partial charge in [-0.2, -0.15) is 0 Å². The van der Waals surface area contributed by atoms with Crippen LogP contribution in [0, 0.1) is 29.1 Å². The molecule has 1 radical (unpaired) electrons. The number of allylic oxidation sites excluding steroid dienone is 7. The average Bonchev–Trinajstić information content (AvgIpc) is 3.58. The fourth-order valence-electron chi connectivity index (χ4n) is 9.39. The fourth-order valence-corrected chi connectivity index (χ4v) is 9.39. The maximum absolute atomic E-state index is 12.3. The molecule has 35 heavy (non-hydrogen) atoms. The zero-order valence-corrected chi connectivity index (χ0v) is 21.1. The number of benzene rings is 1. The number of Topliss-reactive ketones (excluding diaryl/α,β-unsaturated/α-hetero) is 1. The van der Waals surface area contributed by atoms with Crippen LogP contribution in [0.15, 0.2) is 70.4 Å². The quantitative estimate of drug-likeness (QED) is 0.334. The number of carbonyl (C=O) groups excluding carboxylic acids is 2. The predicted molar refractivity (Wildman–Crippen MR) is 139 cm³/mol. The molecule has 7 rings (SSSR count). The summed E-state index contributed by atoms with van der Waals surface area (Å²) in [5, 5.41) is 0. The van der Waals surface area contributed by atoms with Crippen molar-refractivity contribution in [2.75, 3.05) is 0 Å². The van der Waals surface area contributed by atoms with Crippen molar-refractivity contribution in [3.05, 3.63) is 87.9 Å². The summed E-state index contributed by atoms with van der Waals surface area (Å²) in [5.41, 5.74) is 11.7. The van der Waals surface area contributed by atoms with Crippen LogP contribution in [0.5, 0.6) is 0 Å². The van der Waals surface area contributed by atoms with Gasteiger partial charge in [-0.3, -0.25) is 9.59 Å². The summed E-state index contributed by atoms with van der Waals surface area (Å²) in [6.45, 7) is 8.97. The lowest BCUT2D eigenvalue weighted by molar-refractivity contribution is -0.114. The van der Waals surface area contributed by atoms with Crippen molar-refractivity contribution in [1.82, 2.24) is 0 Å². The van der Waals surface area contributed by atoms with Gasteiger partial charge in [-0.05, 0) is 98.3 Å². The number of ketones is 2. The van der Waals surface area contributed by atoms with Crippen LogP contribution in [0.2, 0.25) is 0 Å². The van der Waals surface area contributed by atoms with Crippen LogP contribution in [-0.4, -0.2) is 11.6 Å². The lowest BCUT2D eigenvalue weighted by atomic mass is 9.46. The summed E-state index contributed by atoms with van der Waals surface area (Å²) >= 11 is 0. The molecule has 2 fully saturated rings. The largest absolute Gasteiger partial charge is 0.295 e. The van der Waals surface area contributed by atoms with Crippen LogP contribution in [-0.2, 0) is 4.79 Å². The number of carbonyl (C=O) groups is 2. The van der Waals surface area contributed by atoms with Gasteiger partial charge in [0.2, 0.25) is 0 Å². The van der Waals surface area contributed by atoms with Gasteiger partial charge in [0.15, 0.2) is 11.6 Å². The minimum Gasteiger partial charge on any atom is -0.295 e. The molecule has 6 aliphatic carbocycles. The first-order valence-electron chi connectivity index (χ1n) is 13.7. The molecule has 0 bridgehead atoms. The number of rotatable bonds is 2. The number of fused-ring (bicyclic) bond motifs is 6. The van der Waals surface area contributed by atoms with Gasteiger partial charge in [0.1, 0.15) is 0 Å². The number of hydrogen-bond acceptors (Lipinski definition) is 2. The van der Waals surface area contributed by atoms with E-state index in [0.717, 1.165) is 31.2 Å². The molecule has 2 saturated carbocycles. The van der Waals surface area contributed by atoms with Crippen LogP contribution in [0.25, 0.3) is 0 Å². The maximum atomic E-state index is 12.3. The lowest BCUT2D eigenvalue weighted by Crippen LogP contribution is -2.48. The summed E-state index contributed by atoms with van der Waals surface area (Å²) in [7, 11) is 0. The van der Waals surface area contributed by atoms with Gasteiger partial charge in [-0.25, -0.2) is 0 Å². The van der Waals surface area contributed by atoms with E-state index < -0.39 is 0 Å². The zero-order chi connectivity index (χ0) is 24.1. The summed E-state index contributed by atoms with van der Waals surface area (Å²) in [4.78, 5) is 24.3. The van der Waals surface area contributed by atoms with Gasteiger partial charge in [0, 0.05) is 29.7 Å². The van der Waals surface area contributed by atoms with Crippen molar-refractivity contribution >= 4 is 11.6 Å². The molecule has 1 aromatic carbocycles. The Kier molecular flexibility index (Phi) is 4.53. The first kappa shape index (κ1) is 21.8. The molecule has 5 atom stereocenters. The molecule has 0 saturated heterocycles. The Morgan fingerprint density at radius 3 is 2.60 bits per heavy atom. The zero-order valence-electron chi connectivity index (χ0n) is 21.1. The van der Waals surface area contributed by atoms with Crippen LogP contribution in [0.4, 0.5) is 0 Å². The first-order valence-corrected chi connectivity index (χ1v) is 13.7. The smallest absolute Gasteiger partial charge is 0.159 e. The average molecular weight is 464 g/mol. The molecule has 1 aromatic rings. The van der Waals surface area contributed by atoms with Gasteiger partial charge in [-0.1, -0.05) is 60.1 Å². The Morgan fingerprint density at radius 2 is 1.83 bits per heavy atom. The first-order chi connectivity index (χ1) is 16.8. The van der Waals surface area contributed by atoms with Crippen LogP contribution in [0.1, 0.15) is 93.5 Å². The monoisotopic (exact) mass is 463 g/mol. The molecule has 0 amide bonds. The van der Waals surface area contributed by atoms with Crippen molar-refractivity contribution < 1.29 is 9.59 Å². The molecule has 2 nitrogen and oxygen atoms in total. The summed E-state index contributed by atoms with van der Waals surface area (Å²) in [6.07, 6.45) is 14.2. The van der Waals surface area contributed by atoms with Crippen molar-refractivity contribution in [2.24, 2.45) is 22.7 Å². The van der Waals surface area contributed by atoms with Crippen LogP contribution >= 0.6 is 0 Å². The Hall–Kier alpha value is -2.48. The minimum absolute atomic E-state index is 0.123. The Balaban J connectivity index is 1.41. The molecule has 0 N–H and O–H groups in total. The van der Waals surface area contributed by atoms with E-state index in [2.05, 4.69) is 25.5 Å². The predicted octanol–water partition coefficient (Wildman–Crippen LogP) is 7.64. The highest BCUT2D eigenvalue weighted by Gasteiger charge is 2.67. The highest BCUT2D eigenvalue weighted by atomic mass is 16.1. The topological polar surface area (TPSA) is 34.1 Å².